The van der Waals surface area contributed by atoms with Crippen molar-refractivity contribution >= 4 is 34.8 Å². The zero-order chi connectivity index (χ0) is 11.5. The molecule has 0 atom stereocenters. The first-order valence-corrected chi connectivity index (χ1v) is 5.80. The fourth-order valence-corrected chi connectivity index (χ4v) is 2.36. The van der Waals surface area contributed by atoms with Gasteiger partial charge in [0.15, 0.2) is 4.34 Å². The third-order valence-electron chi connectivity index (χ3n) is 1.63. The molecular formula is C8H6N4O2S2. The highest BCUT2D eigenvalue weighted by Gasteiger charge is 2.11. The molecule has 0 amide bonds. The van der Waals surface area contributed by atoms with Gasteiger partial charge in [0.2, 0.25) is 0 Å². The van der Waals surface area contributed by atoms with Crippen LogP contribution in [0.1, 0.15) is 10.5 Å². The predicted molar refractivity (Wildman–Crippen MR) is 59.6 cm³/mol. The van der Waals surface area contributed by atoms with Gasteiger partial charge in [-0.05, 0) is 23.9 Å². The lowest BCUT2D eigenvalue weighted by Gasteiger charge is -2.02. The number of nitrogens with two attached hydrogens (primary N) is 1. The molecule has 8 heteroatoms. The summed E-state index contributed by atoms with van der Waals surface area (Å²) in [5, 5.41) is 16.7. The van der Waals surface area contributed by atoms with Crippen LogP contribution < -0.4 is 5.73 Å². The average molecular weight is 254 g/mol. The van der Waals surface area contributed by atoms with E-state index in [4.69, 9.17) is 10.8 Å². The van der Waals surface area contributed by atoms with Crippen molar-refractivity contribution < 1.29 is 9.90 Å². The minimum absolute atomic E-state index is 0.0405. The van der Waals surface area contributed by atoms with E-state index >= 15 is 0 Å². The van der Waals surface area contributed by atoms with Gasteiger partial charge in [-0.25, -0.2) is 9.78 Å². The van der Waals surface area contributed by atoms with E-state index in [1.165, 1.54) is 35.2 Å². The summed E-state index contributed by atoms with van der Waals surface area (Å²) in [5.41, 5.74) is 7.65. The van der Waals surface area contributed by atoms with E-state index in [-0.39, 0.29) is 5.69 Å². The Morgan fingerprint density at radius 2 is 2.31 bits per heavy atom. The number of hydrogen-bond acceptors (Lipinski definition) is 7. The van der Waals surface area contributed by atoms with E-state index in [0.29, 0.717) is 15.1 Å². The molecule has 2 aromatic heterocycles. The van der Waals surface area contributed by atoms with E-state index < -0.39 is 5.97 Å². The van der Waals surface area contributed by atoms with Crippen LogP contribution in [0.5, 0.6) is 0 Å². The molecule has 0 aliphatic carbocycles. The van der Waals surface area contributed by atoms with Crippen molar-refractivity contribution in [2.45, 2.75) is 9.37 Å². The Morgan fingerprint density at radius 3 is 2.94 bits per heavy atom. The lowest BCUT2D eigenvalue weighted by atomic mass is 10.3. The SMILES string of the molecule is Nc1ccc(C(=O)O)nc1Sc1nncs1. The molecule has 0 radical (unpaired) electrons. The summed E-state index contributed by atoms with van der Waals surface area (Å²) in [6.45, 7) is 0. The first-order valence-electron chi connectivity index (χ1n) is 4.10. The van der Waals surface area contributed by atoms with E-state index in [1.807, 2.05) is 0 Å². The third-order valence-corrected chi connectivity index (χ3v) is 3.43. The Kier molecular flexibility index (Phi) is 3.02. The Bertz CT molecular complexity index is 515. The van der Waals surface area contributed by atoms with Crippen LogP contribution in [-0.4, -0.2) is 26.3 Å². The summed E-state index contributed by atoms with van der Waals surface area (Å²) < 4.78 is 0.668. The molecule has 0 spiro atoms. The quantitative estimate of drug-likeness (QED) is 0.852. The van der Waals surface area contributed by atoms with Crippen molar-refractivity contribution in [3.63, 3.8) is 0 Å². The van der Waals surface area contributed by atoms with Gasteiger partial charge in [0.25, 0.3) is 0 Å². The average Bonchev–Trinajstić information content (AvgIpc) is 2.73. The summed E-state index contributed by atoms with van der Waals surface area (Å²) in [6, 6.07) is 2.88. The number of nitrogen functional groups attached to an aromatic ring is 1. The standard InChI is InChI=1S/C8H6N4O2S2/c9-4-1-2-5(7(13)14)11-6(4)16-8-12-10-3-15-8/h1-3H,9H2,(H,13,14). The number of hydrogen-bond donors (Lipinski definition) is 2. The molecule has 0 unspecified atom stereocenters. The van der Waals surface area contributed by atoms with Gasteiger partial charge in [0.05, 0.1) is 5.69 Å². The number of rotatable bonds is 3. The van der Waals surface area contributed by atoms with Crippen LogP contribution >= 0.6 is 23.1 Å². The van der Waals surface area contributed by atoms with Crippen LogP contribution in [0.4, 0.5) is 5.69 Å². The molecule has 0 bridgehead atoms. The predicted octanol–water partition coefficient (Wildman–Crippen LogP) is 1.36. The molecule has 2 aromatic rings. The van der Waals surface area contributed by atoms with Gasteiger partial charge in [0.1, 0.15) is 16.2 Å². The van der Waals surface area contributed by atoms with Crippen LogP contribution in [0, 0.1) is 0 Å². The molecule has 0 aromatic carbocycles. The maximum absolute atomic E-state index is 10.7. The minimum Gasteiger partial charge on any atom is -0.477 e. The number of aromatic nitrogens is 3. The number of pyridine rings is 1. The fourth-order valence-electron chi connectivity index (χ4n) is 0.942. The molecule has 2 rings (SSSR count). The van der Waals surface area contributed by atoms with E-state index in [9.17, 15) is 4.79 Å². The zero-order valence-corrected chi connectivity index (χ0v) is 9.46. The second kappa shape index (κ2) is 4.45. The van der Waals surface area contributed by atoms with Crippen LogP contribution in [-0.2, 0) is 0 Å². The zero-order valence-electron chi connectivity index (χ0n) is 7.82. The lowest BCUT2D eigenvalue weighted by Crippen LogP contribution is -2.02. The highest BCUT2D eigenvalue weighted by atomic mass is 32.2. The molecule has 2 heterocycles. The number of aromatic carboxylic acids is 1. The summed E-state index contributed by atoms with van der Waals surface area (Å²) in [7, 11) is 0. The van der Waals surface area contributed by atoms with Crippen molar-refractivity contribution in [1.82, 2.24) is 15.2 Å². The first-order chi connectivity index (χ1) is 7.66. The number of carboxylic acid groups (broad SMARTS) is 1. The van der Waals surface area contributed by atoms with Crippen LogP contribution in [0.15, 0.2) is 27.0 Å². The van der Waals surface area contributed by atoms with Crippen molar-refractivity contribution in [2.75, 3.05) is 5.73 Å². The van der Waals surface area contributed by atoms with Crippen molar-refractivity contribution in [2.24, 2.45) is 0 Å². The fraction of sp³-hybridized carbons (Fsp3) is 0. The van der Waals surface area contributed by atoms with E-state index in [1.54, 1.807) is 5.51 Å². The van der Waals surface area contributed by atoms with Crippen LogP contribution in [0.25, 0.3) is 0 Å². The van der Waals surface area contributed by atoms with Gasteiger partial charge < -0.3 is 10.8 Å². The van der Waals surface area contributed by atoms with Crippen LogP contribution in [0.3, 0.4) is 0 Å². The number of anilines is 1. The monoisotopic (exact) mass is 254 g/mol. The number of nitrogens with zero attached hydrogens (tertiary/aromatic N) is 3. The van der Waals surface area contributed by atoms with E-state index in [2.05, 4.69) is 15.2 Å². The largest absolute Gasteiger partial charge is 0.477 e. The van der Waals surface area contributed by atoms with Gasteiger partial charge in [-0.2, -0.15) is 0 Å². The molecule has 82 valence electrons. The maximum atomic E-state index is 10.7. The second-order valence-corrected chi connectivity index (χ2v) is 4.77. The van der Waals surface area contributed by atoms with Crippen molar-refractivity contribution in [3.05, 3.63) is 23.3 Å². The Morgan fingerprint density at radius 1 is 1.50 bits per heavy atom. The van der Waals surface area contributed by atoms with Crippen molar-refractivity contribution in [3.8, 4) is 0 Å². The van der Waals surface area contributed by atoms with Crippen molar-refractivity contribution in [1.29, 1.82) is 0 Å². The molecule has 0 saturated carbocycles. The first kappa shape index (κ1) is 10.8. The molecule has 16 heavy (non-hydrogen) atoms. The van der Waals surface area contributed by atoms with Gasteiger partial charge >= 0.3 is 5.97 Å². The summed E-state index contributed by atoms with van der Waals surface area (Å²) in [5.74, 6) is -1.08. The molecule has 3 N–H and O–H groups in total. The maximum Gasteiger partial charge on any atom is 0.354 e. The van der Waals surface area contributed by atoms with E-state index in [0.717, 1.165) is 0 Å². The normalized spacial score (nSPS) is 10.2. The smallest absolute Gasteiger partial charge is 0.354 e. The highest BCUT2D eigenvalue weighted by Crippen LogP contribution is 2.31. The summed E-state index contributed by atoms with van der Waals surface area (Å²) >= 11 is 2.54. The Hall–Kier alpha value is -1.67. The lowest BCUT2D eigenvalue weighted by molar-refractivity contribution is 0.0690. The third kappa shape index (κ3) is 2.28. The summed E-state index contributed by atoms with van der Waals surface area (Å²) in [6.07, 6.45) is 0. The molecule has 0 aliphatic rings. The Labute approximate surface area is 98.5 Å². The molecular weight excluding hydrogens is 248 g/mol. The number of carboxylic acids is 1. The minimum atomic E-state index is -1.08. The molecule has 6 nitrogen and oxygen atoms in total. The summed E-state index contributed by atoms with van der Waals surface area (Å²) in [4.78, 5) is 14.7. The Balaban J connectivity index is 2.32. The van der Waals surface area contributed by atoms with Gasteiger partial charge in [-0.1, -0.05) is 11.3 Å². The molecule has 0 fully saturated rings. The molecule has 0 saturated heterocycles. The van der Waals surface area contributed by atoms with Gasteiger partial charge in [-0.3, -0.25) is 0 Å². The second-order valence-electron chi connectivity index (χ2n) is 2.70. The number of carbonyl (C=O) groups is 1. The van der Waals surface area contributed by atoms with Gasteiger partial charge in [-0.15, -0.1) is 10.2 Å². The topological polar surface area (TPSA) is 102 Å². The highest BCUT2D eigenvalue weighted by molar-refractivity contribution is 8.01. The van der Waals surface area contributed by atoms with Gasteiger partial charge in [0, 0.05) is 0 Å². The van der Waals surface area contributed by atoms with Crippen LogP contribution in [0.2, 0.25) is 0 Å². The molecule has 0 aliphatic heterocycles.